The molecule has 2 aliphatic rings. The molecule has 0 N–H and O–H groups in total. The van der Waals surface area contributed by atoms with Gasteiger partial charge in [-0.05, 0) is 36.1 Å². The second kappa shape index (κ2) is 7.98. The lowest BCUT2D eigenvalue weighted by atomic mass is 9.96. The summed E-state index contributed by atoms with van der Waals surface area (Å²) in [5.74, 6) is 0.447. The van der Waals surface area contributed by atoms with Gasteiger partial charge in [-0.15, -0.1) is 5.10 Å². The van der Waals surface area contributed by atoms with Crippen LogP contribution in [0.3, 0.4) is 0 Å². The molecule has 0 radical (unpaired) electrons. The average Bonchev–Trinajstić information content (AvgIpc) is 3.16. The Bertz CT molecular complexity index is 1140. The largest absolute Gasteiger partial charge is 0.489 e. The Morgan fingerprint density at radius 2 is 2.03 bits per heavy atom. The zero-order valence-electron chi connectivity index (χ0n) is 17.5. The van der Waals surface area contributed by atoms with Crippen LogP contribution in [-0.2, 0) is 18.2 Å². The maximum Gasteiger partial charge on any atom is 0.258 e. The zero-order chi connectivity index (χ0) is 21.5. The number of ether oxygens (including phenoxy) is 2. The van der Waals surface area contributed by atoms with Crippen LogP contribution >= 0.6 is 11.6 Å². The first-order valence-electron chi connectivity index (χ1n) is 10.3. The molecule has 7 nitrogen and oxygen atoms in total. The number of carbonyl (C=O) groups excluding carboxylic acids is 1. The number of nitrogens with zero attached hydrogens (tertiary/aromatic N) is 4. The fourth-order valence-electron chi connectivity index (χ4n) is 4.15. The van der Waals surface area contributed by atoms with Crippen molar-refractivity contribution in [2.45, 2.75) is 19.4 Å². The Kier molecular flexibility index (Phi) is 5.16. The number of carbonyl (C=O) groups is 1. The number of benzene rings is 2. The molecule has 0 bridgehead atoms. The van der Waals surface area contributed by atoms with E-state index in [-0.39, 0.29) is 11.9 Å². The Labute approximate surface area is 185 Å². The summed E-state index contributed by atoms with van der Waals surface area (Å²) in [6.07, 6.45) is 2.55. The van der Waals surface area contributed by atoms with Crippen molar-refractivity contribution >= 4 is 17.5 Å². The fraction of sp³-hybridized carbons (Fsp3) is 0.348. The minimum absolute atomic E-state index is 0.0399. The highest BCUT2D eigenvalue weighted by atomic mass is 35.5. The summed E-state index contributed by atoms with van der Waals surface area (Å²) in [6.45, 7) is 3.96. The summed E-state index contributed by atoms with van der Waals surface area (Å²) in [4.78, 5) is 15.1. The van der Waals surface area contributed by atoms with Crippen LogP contribution in [0.2, 0.25) is 5.02 Å². The molecule has 5 rings (SSSR count). The van der Waals surface area contributed by atoms with E-state index in [2.05, 4.69) is 22.4 Å². The molecule has 8 heteroatoms. The number of hydrogen-bond acceptors (Lipinski definition) is 5. The van der Waals surface area contributed by atoms with Gasteiger partial charge in [-0.2, -0.15) is 0 Å². The highest BCUT2D eigenvalue weighted by molar-refractivity contribution is 6.33. The van der Waals surface area contributed by atoms with Crippen LogP contribution in [-0.4, -0.2) is 58.2 Å². The molecule has 1 fully saturated rings. The van der Waals surface area contributed by atoms with E-state index in [1.807, 2.05) is 43.3 Å². The number of fused-ring (bicyclic) bond motifs is 2. The lowest BCUT2D eigenvalue weighted by molar-refractivity contribution is -0.0109. The molecule has 1 aromatic heterocycles. The molecule has 0 spiro atoms. The number of aromatic nitrogens is 3. The van der Waals surface area contributed by atoms with Crippen molar-refractivity contribution in [1.29, 1.82) is 0 Å². The highest BCUT2D eigenvalue weighted by Gasteiger charge is 2.35. The summed E-state index contributed by atoms with van der Waals surface area (Å²) < 4.78 is 13.2. The maximum atomic E-state index is 13.3. The number of halogens is 1. The number of hydrogen-bond donors (Lipinski definition) is 0. The molecular formula is C23H23ClN4O3. The SMILES string of the molecule is Cc1c(Cc2ccc(-c3cn(C)nn3)cc2)cc2c(c1Cl)OC[C@@H]1COCCN1C2=O. The van der Waals surface area contributed by atoms with E-state index < -0.39 is 0 Å². The van der Waals surface area contributed by atoms with Gasteiger partial charge in [-0.1, -0.05) is 41.1 Å². The summed E-state index contributed by atoms with van der Waals surface area (Å²) in [5.41, 5.74) is 5.45. The molecule has 160 valence electrons. The van der Waals surface area contributed by atoms with Crippen molar-refractivity contribution < 1.29 is 14.3 Å². The predicted molar refractivity (Wildman–Crippen MR) is 117 cm³/mol. The minimum Gasteiger partial charge on any atom is -0.489 e. The van der Waals surface area contributed by atoms with Gasteiger partial charge in [0.2, 0.25) is 0 Å². The van der Waals surface area contributed by atoms with Gasteiger partial charge < -0.3 is 14.4 Å². The minimum atomic E-state index is -0.0814. The van der Waals surface area contributed by atoms with Gasteiger partial charge in [0, 0.05) is 19.2 Å². The van der Waals surface area contributed by atoms with Crippen LogP contribution in [0.5, 0.6) is 5.75 Å². The Morgan fingerprint density at radius 3 is 2.77 bits per heavy atom. The van der Waals surface area contributed by atoms with Gasteiger partial charge in [0.25, 0.3) is 5.91 Å². The summed E-state index contributed by atoms with van der Waals surface area (Å²) in [5, 5.41) is 8.65. The first-order chi connectivity index (χ1) is 15.0. The van der Waals surface area contributed by atoms with E-state index in [1.54, 1.807) is 4.68 Å². The maximum absolute atomic E-state index is 13.3. The van der Waals surface area contributed by atoms with Crippen molar-refractivity contribution in [3.8, 4) is 17.0 Å². The van der Waals surface area contributed by atoms with E-state index in [1.165, 1.54) is 0 Å². The van der Waals surface area contributed by atoms with Gasteiger partial charge in [0.05, 0.1) is 36.0 Å². The molecule has 31 heavy (non-hydrogen) atoms. The molecular weight excluding hydrogens is 416 g/mol. The standard InChI is InChI=1S/C23H23ClN4O3/c1-14-17(9-15-3-5-16(6-4-15)20-11-27(2)26-25-20)10-19-22(21(14)24)31-13-18-12-30-8-7-28(18)23(19)29/h3-6,10-11,18H,7-9,12-13H2,1-2H3/t18-/m0/s1. The second-order valence-electron chi connectivity index (χ2n) is 8.04. The van der Waals surface area contributed by atoms with E-state index in [0.29, 0.717) is 49.1 Å². The van der Waals surface area contributed by atoms with Crippen LogP contribution < -0.4 is 4.74 Å². The molecule has 0 aliphatic carbocycles. The highest BCUT2D eigenvalue weighted by Crippen LogP contribution is 2.38. The third-order valence-electron chi connectivity index (χ3n) is 5.96. The molecule has 3 aromatic rings. The second-order valence-corrected chi connectivity index (χ2v) is 8.42. The zero-order valence-corrected chi connectivity index (χ0v) is 18.2. The predicted octanol–water partition coefficient (Wildman–Crippen LogP) is 3.27. The van der Waals surface area contributed by atoms with Gasteiger partial charge in [-0.3, -0.25) is 9.48 Å². The molecule has 3 heterocycles. The van der Waals surface area contributed by atoms with Gasteiger partial charge >= 0.3 is 0 Å². The normalized spacial score (nSPS) is 18.2. The van der Waals surface area contributed by atoms with Crippen molar-refractivity contribution in [3.05, 3.63) is 63.8 Å². The lowest BCUT2D eigenvalue weighted by Crippen LogP contribution is -2.50. The molecule has 0 unspecified atom stereocenters. The summed E-state index contributed by atoms with van der Waals surface area (Å²) >= 11 is 6.68. The third-order valence-corrected chi connectivity index (χ3v) is 6.41. The molecule has 1 atom stereocenters. The molecule has 1 amide bonds. The Hall–Kier alpha value is -2.90. The van der Waals surface area contributed by atoms with Crippen molar-refractivity contribution in [2.75, 3.05) is 26.4 Å². The van der Waals surface area contributed by atoms with Gasteiger partial charge in [-0.25, -0.2) is 0 Å². The summed E-state index contributed by atoms with van der Waals surface area (Å²) in [6, 6.07) is 10.1. The number of morpholine rings is 1. The summed E-state index contributed by atoms with van der Waals surface area (Å²) in [7, 11) is 1.85. The smallest absolute Gasteiger partial charge is 0.258 e. The fourth-order valence-corrected chi connectivity index (χ4v) is 4.43. The monoisotopic (exact) mass is 438 g/mol. The Morgan fingerprint density at radius 1 is 1.23 bits per heavy atom. The van der Waals surface area contributed by atoms with Crippen LogP contribution in [0, 0.1) is 6.92 Å². The van der Waals surface area contributed by atoms with Crippen molar-refractivity contribution in [2.24, 2.45) is 7.05 Å². The van der Waals surface area contributed by atoms with E-state index in [0.717, 1.165) is 27.9 Å². The number of rotatable bonds is 3. The molecule has 0 saturated carbocycles. The lowest BCUT2D eigenvalue weighted by Gasteiger charge is -2.33. The first-order valence-corrected chi connectivity index (χ1v) is 10.7. The van der Waals surface area contributed by atoms with Crippen LogP contribution in [0.15, 0.2) is 36.5 Å². The van der Waals surface area contributed by atoms with Crippen LogP contribution in [0.1, 0.15) is 27.0 Å². The Balaban J connectivity index is 1.45. The van der Waals surface area contributed by atoms with E-state index in [9.17, 15) is 4.79 Å². The molecule has 2 aromatic carbocycles. The van der Waals surface area contributed by atoms with E-state index >= 15 is 0 Å². The first kappa shape index (κ1) is 20.0. The van der Waals surface area contributed by atoms with E-state index in [4.69, 9.17) is 21.1 Å². The molecule has 1 saturated heterocycles. The van der Waals surface area contributed by atoms with Crippen LogP contribution in [0.4, 0.5) is 0 Å². The number of amides is 1. The number of aryl methyl sites for hydroxylation is 1. The van der Waals surface area contributed by atoms with Gasteiger partial charge in [0.1, 0.15) is 12.3 Å². The average molecular weight is 439 g/mol. The van der Waals surface area contributed by atoms with Crippen molar-refractivity contribution in [3.63, 3.8) is 0 Å². The molecule has 2 aliphatic heterocycles. The van der Waals surface area contributed by atoms with Crippen molar-refractivity contribution in [1.82, 2.24) is 19.9 Å². The third kappa shape index (κ3) is 3.68. The van der Waals surface area contributed by atoms with Gasteiger partial charge in [0.15, 0.2) is 5.75 Å². The topological polar surface area (TPSA) is 69.5 Å². The van der Waals surface area contributed by atoms with Crippen LogP contribution in [0.25, 0.3) is 11.3 Å². The quantitative estimate of drug-likeness (QED) is 0.627.